The predicted molar refractivity (Wildman–Crippen MR) is 86.8 cm³/mol. The van der Waals surface area contributed by atoms with Crippen LogP contribution in [0.1, 0.15) is 37.3 Å². The molecule has 1 aromatic carbocycles. The van der Waals surface area contributed by atoms with Gasteiger partial charge in [0.25, 0.3) is 0 Å². The maximum atomic E-state index is 4.32. The van der Waals surface area contributed by atoms with Crippen molar-refractivity contribution in [3.8, 4) is 0 Å². The predicted octanol–water partition coefficient (Wildman–Crippen LogP) is 5.09. The first-order valence-electron chi connectivity index (χ1n) is 7.43. The Hall–Kier alpha value is -1.89. The second kappa shape index (κ2) is 5.62. The van der Waals surface area contributed by atoms with E-state index >= 15 is 0 Å². The highest BCUT2D eigenvalue weighted by atomic mass is 14.7. The van der Waals surface area contributed by atoms with Gasteiger partial charge in [0, 0.05) is 12.4 Å². The van der Waals surface area contributed by atoms with Gasteiger partial charge in [-0.1, -0.05) is 48.9 Å². The van der Waals surface area contributed by atoms with Gasteiger partial charge in [-0.25, -0.2) is 0 Å². The lowest BCUT2D eigenvalue weighted by Crippen LogP contribution is -2.08. The fourth-order valence-corrected chi connectivity index (χ4v) is 2.89. The van der Waals surface area contributed by atoms with E-state index < -0.39 is 0 Å². The molecule has 1 heterocycles. The summed E-state index contributed by atoms with van der Waals surface area (Å²) in [5, 5.41) is 0. The summed E-state index contributed by atoms with van der Waals surface area (Å²) < 4.78 is 0. The van der Waals surface area contributed by atoms with Crippen molar-refractivity contribution >= 4 is 11.8 Å². The fourth-order valence-electron chi connectivity index (χ4n) is 2.89. The molecule has 2 aliphatic rings. The molecule has 0 radical (unpaired) electrons. The maximum Gasteiger partial charge on any atom is 0.0301 e. The Labute approximate surface area is 121 Å². The van der Waals surface area contributed by atoms with Crippen molar-refractivity contribution in [1.82, 2.24) is 0 Å². The minimum Gasteiger partial charge on any atom is -0.269 e. The lowest BCUT2D eigenvalue weighted by atomic mass is 9.84. The van der Waals surface area contributed by atoms with Gasteiger partial charge in [-0.05, 0) is 54.4 Å². The van der Waals surface area contributed by atoms with E-state index in [0.29, 0.717) is 5.92 Å². The van der Waals surface area contributed by atoms with Crippen LogP contribution in [0.2, 0.25) is 0 Å². The van der Waals surface area contributed by atoms with Gasteiger partial charge in [0.15, 0.2) is 0 Å². The Morgan fingerprint density at radius 2 is 1.70 bits per heavy atom. The van der Waals surface area contributed by atoms with Crippen molar-refractivity contribution in [1.29, 1.82) is 0 Å². The molecule has 0 N–H and O–H groups in total. The van der Waals surface area contributed by atoms with Crippen LogP contribution in [-0.4, -0.2) is 6.21 Å². The van der Waals surface area contributed by atoms with Crippen molar-refractivity contribution < 1.29 is 0 Å². The average molecular weight is 263 g/mol. The number of aliphatic imine (C=N–C) groups is 1. The van der Waals surface area contributed by atoms with Crippen LogP contribution in [0.15, 0.2) is 58.8 Å². The molecule has 1 atom stereocenters. The smallest absolute Gasteiger partial charge is 0.0301 e. The minimum absolute atomic E-state index is 0.605. The van der Waals surface area contributed by atoms with Crippen LogP contribution in [0.25, 0.3) is 5.57 Å². The van der Waals surface area contributed by atoms with Crippen LogP contribution in [-0.2, 0) is 0 Å². The third kappa shape index (κ3) is 2.67. The largest absolute Gasteiger partial charge is 0.269 e. The van der Waals surface area contributed by atoms with E-state index in [-0.39, 0.29) is 0 Å². The first-order chi connectivity index (χ1) is 9.74. The zero-order chi connectivity index (χ0) is 13.9. The van der Waals surface area contributed by atoms with Crippen LogP contribution >= 0.6 is 0 Å². The van der Waals surface area contributed by atoms with Crippen LogP contribution in [0.5, 0.6) is 0 Å². The van der Waals surface area contributed by atoms with Gasteiger partial charge >= 0.3 is 0 Å². The second-order valence-electron chi connectivity index (χ2n) is 5.80. The normalized spacial score (nSPS) is 22.1. The van der Waals surface area contributed by atoms with E-state index in [2.05, 4.69) is 55.3 Å². The molecule has 0 unspecified atom stereocenters. The molecular formula is C19H21N. The average Bonchev–Trinajstić information content (AvgIpc) is 2.49. The van der Waals surface area contributed by atoms with Crippen molar-refractivity contribution in [3.63, 3.8) is 0 Å². The van der Waals surface area contributed by atoms with Gasteiger partial charge in [-0.2, -0.15) is 0 Å². The number of aryl methyl sites for hydroxylation is 1. The molecule has 0 fully saturated rings. The molecule has 1 heteroatoms. The van der Waals surface area contributed by atoms with Gasteiger partial charge in [0.1, 0.15) is 0 Å². The Bertz CT molecular complexity index is 612. The fraction of sp³-hybridized carbons (Fsp3) is 0.316. The number of nitrogens with zero attached hydrogens (tertiary/aromatic N) is 1. The summed E-state index contributed by atoms with van der Waals surface area (Å²) in [6.45, 7) is 4.42. The van der Waals surface area contributed by atoms with Gasteiger partial charge < -0.3 is 0 Å². The lowest BCUT2D eigenvalue weighted by Gasteiger charge is -2.22. The summed E-state index contributed by atoms with van der Waals surface area (Å²) in [4.78, 5) is 4.32. The van der Waals surface area contributed by atoms with E-state index in [9.17, 15) is 0 Å². The number of hydrogen-bond acceptors (Lipinski definition) is 1. The van der Waals surface area contributed by atoms with Crippen LogP contribution in [0, 0.1) is 12.8 Å². The lowest BCUT2D eigenvalue weighted by molar-refractivity contribution is 0.705. The highest BCUT2D eigenvalue weighted by Gasteiger charge is 2.17. The third-order valence-electron chi connectivity index (χ3n) is 4.25. The Morgan fingerprint density at radius 3 is 2.35 bits per heavy atom. The van der Waals surface area contributed by atoms with E-state index in [1.165, 1.54) is 27.8 Å². The first-order valence-corrected chi connectivity index (χ1v) is 7.43. The molecule has 20 heavy (non-hydrogen) atoms. The number of allylic oxidation sites excluding steroid dienone is 5. The molecule has 1 aromatic rings. The molecule has 102 valence electrons. The van der Waals surface area contributed by atoms with Crippen LogP contribution in [0.4, 0.5) is 0 Å². The Morgan fingerprint density at radius 1 is 1.00 bits per heavy atom. The quantitative estimate of drug-likeness (QED) is 0.704. The summed E-state index contributed by atoms with van der Waals surface area (Å²) in [6, 6.07) is 8.84. The number of benzene rings is 1. The van der Waals surface area contributed by atoms with Crippen molar-refractivity contribution in [2.24, 2.45) is 10.9 Å². The van der Waals surface area contributed by atoms with E-state index in [1.54, 1.807) is 0 Å². The molecule has 0 spiro atoms. The summed E-state index contributed by atoms with van der Waals surface area (Å²) in [7, 11) is 0. The van der Waals surface area contributed by atoms with E-state index in [4.69, 9.17) is 0 Å². The minimum atomic E-state index is 0.605. The molecule has 1 aliphatic carbocycles. The third-order valence-corrected chi connectivity index (χ3v) is 4.25. The van der Waals surface area contributed by atoms with Crippen LogP contribution in [0.3, 0.4) is 0 Å². The molecule has 3 rings (SSSR count). The molecule has 0 amide bonds. The molecule has 0 saturated heterocycles. The van der Waals surface area contributed by atoms with Crippen molar-refractivity contribution in [2.45, 2.75) is 33.1 Å². The molecule has 0 saturated carbocycles. The van der Waals surface area contributed by atoms with Crippen molar-refractivity contribution in [2.75, 3.05) is 0 Å². The standard InChI is InChI=1S/C19H21N/c1-14-3-5-16(6-4-14)17-7-9-18(10-8-17)19-13-20-12-11-15(19)2/h3-7,9,12-13,15H,8,10-11H2,1-2H3/t15-/m1/s1. The second-order valence-corrected chi connectivity index (χ2v) is 5.80. The topological polar surface area (TPSA) is 12.4 Å². The monoisotopic (exact) mass is 263 g/mol. The summed E-state index contributed by atoms with van der Waals surface area (Å²) >= 11 is 0. The zero-order valence-electron chi connectivity index (χ0n) is 12.3. The molecule has 0 aromatic heterocycles. The number of rotatable bonds is 2. The van der Waals surface area contributed by atoms with E-state index in [1.807, 2.05) is 12.4 Å². The summed E-state index contributed by atoms with van der Waals surface area (Å²) in [5.74, 6) is 0.605. The summed E-state index contributed by atoms with van der Waals surface area (Å²) in [6.07, 6.45) is 12.0. The van der Waals surface area contributed by atoms with Gasteiger partial charge in [0.05, 0.1) is 0 Å². The SMILES string of the molecule is Cc1ccc(C2=CC=C(C3=CN=CC[C@H]3C)CC2)cc1. The Kier molecular flexibility index (Phi) is 3.68. The first kappa shape index (κ1) is 13.1. The molecule has 1 aliphatic heterocycles. The van der Waals surface area contributed by atoms with Gasteiger partial charge in [-0.3, -0.25) is 4.99 Å². The zero-order valence-corrected chi connectivity index (χ0v) is 12.3. The summed E-state index contributed by atoms with van der Waals surface area (Å²) in [5.41, 5.74) is 7.01. The molecule has 0 bridgehead atoms. The van der Waals surface area contributed by atoms with E-state index in [0.717, 1.165) is 19.3 Å². The van der Waals surface area contributed by atoms with Gasteiger partial charge in [0.2, 0.25) is 0 Å². The van der Waals surface area contributed by atoms with Gasteiger partial charge in [-0.15, -0.1) is 0 Å². The Balaban J connectivity index is 1.84. The maximum absolute atomic E-state index is 4.32. The molecular weight excluding hydrogens is 242 g/mol. The highest BCUT2D eigenvalue weighted by Crippen LogP contribution is 2.34. The van der Waals surface area contributed by atoms with Crippen LogP contribution < -0.4 is 0 Å². The number of hydrogen-bond donors (Lipinski definition) is 0. The highest BCUT2D eigenvalue weighted by molar-refractivity contribution is 5.70. The molecule has 1 nitrogen and oxygen atoms in total. The van der Waals surface area contributed by atoms with Crippen molar-refractivity contribution in [3.05, 3.63) is 64.9 Å².